The normalized spacial score (nSPS) is 21.4. The first-order valence-electron chi connectivity index (χ1n) is 6.06. The van der Waals surface area contributed by atoms with Crippen molar-refractivity contribution in [1.82, 2.24) is 4.90 Å². The molecule has 18 heavy (non-hydrogen) atoms. The van der Waals surface area contributed by atoms with Gasteiger partial charge >= 0.3 is 0 Å². The lowest BCUT2D eigenvalue weighted by atomic mass is 10.1. The van der Waals surface area contributed by atoms with Crippen molar-refractivity contribution >= 4 is 21.8 Å². The molecular formula is C13H14BrNO3. The number of fused-ring (bicyclic) bond motifs is 1. The van der Waals surface area contributed by atoms with E-state index in [-0.39, 0.29) is 12.7 Å². The number of likely N-dealkylation sites (tertiary alicyclic amines) is 1. The van der Waals surface area contributed by atoms with Crippen molar-refractivity contribution < 1.29 is 14.3 Å². The summed E-state index contributed by atoms with van der Waals surface area (Å²) in [6.45, 7) is 1.07. The zero-order valence-electron chi connectivity index (χ0n) is 9.89. The summed E-state index contributed by atoms with van der Waals surface area (Å²) in [4.78, 5) is 14.4. The van der Waals surface area contributed by atoms with E-state index in [0.29, 0.717) is 23.1 Å². The second-order valence-corrected chi connectivity index (χ2v) is 5.16. The molecule has 2 heterocycles. The van der Waals surface area contributed by atoms with Crippen LogP contribution in [0.2, 0.25) is 0 Å². The number of hydrogen-bond acceptors (Lipinski definition) is 3. The number of benzene rings is 1. The van der Waals surface area contributed by atoms with Gasteiger partial charge in [-0.2, -0.15) is 0 Å². The van der Waals surface area contributed by atoms with Gasteiger partial charge in [-0.05, 0) is 31.0 Å². The van der Waals surface area contributed by atoms with E-state index in [1.807, 2.05) is 4.90 Å². The maximum Gasteiger partial charge on any atom is 0.254 e. The van der Waals surface area contributed by atoms with Gasteiger partial charge in [-0.25, -0.2) is 0 Å². The van der Waals surface area contributed by atoms with Crippen molar-refractivity contribution in [2.24, 2.45) is 0 Å². The lowest BCUT2D eigenvalue weighted by Gasteiger charge is -2.23. The van der Waals surface area contributed by atoms with Crippen LogP contribution in [0.4, 0.5) is 0 Å². The Kier molecular flexibility index (Phi) is 3.16. The Bertz CT molecular complexity index is 477. The van der Waals surface area contributed by atoms with E-state index in [9.17, 15) is 4.79 Å². The number of hydrogen-bond donors (Lipinski definition) is 0. The Morgan fingerprint density at radius 2 is 2.22 bits per heavy atom. The Morgan fingerprint density at radius 3 is 3.06 bits per heavy atom. The summed E-state index contributed by atoms with van der Waals surface area (Å²) in [7, 11) is 0. The maximum atomic E-state index is 12.4. The fraction of sp³-hybridized carbons (Fsp3) is 0.462. The molecule has 2 aliphatic heterocycles. The topological polar surface area (TPSA) is 38.8 Å². The van der Waals surface area contributed by atoms with E-state index in [4.69, 9.17) is 9.47 Å². The summed E-state index contributed by atoms with van der Waals surface area (Å²) < 4.78 is 10.5. The first kappa shape index (κ1) is 11.8. The SMILES string of the molecule is O=C(c1ccc2c(c1)OCO2)N1CCC[C@H]1CBr. The molecule has 2 aliphatic rings. The molecule has 0 unspecified atom stereocenters. The smallest absolute Gasteiger partial charge is 0.254 e. The fourth-order valence-corrected chi connectivity index (χ4v) is 3.13. The number of ether oxygens (including phenoxy) is 2. The molecule has 0 radical (unpaired) electrons. The van der Waals surface area contributed by atoms with Crippen LogP contribution in [0.15, 0.2) is 18.2 Å². The Hall–Kier alpha value is -1.23. The van der Waals surface area contributed by atoms with E-state index < -0.39 is 0 Å². The number of rotatable bonds is 2. The van der Waals surface area contributed by atoms with Crippen molar-refractivity contribution in [1.29, 1.82) is 0 Å². The highest BCUT2D eigenvalue weighted by atomic mass is 79.9. The standard InChI is InChI=1S/C13H14BrNO3/c14-7-10-2-1-5-15(10)13(16)9-3-4-11-12(6-9)18-8-17-11/h3-4,6,10H,1-2,5,7-8H2/t10-/m0/s1. The first-order chi connectivity index (χ1) is 8.79. The zero-order valence-corrected chi connectivity index (χ0v) is 11.5. The molecule has 1 amide bonds. The highest BCUT2D eigenvalue weighted by Crippen LogP contribution is 2.33. The maximum absolute atomic E-state index is 12.4. The van der Waals surface area contributed by atoms with E-state index in [1.165, 1.54) is 0 Å². The Labute approximate surface area is 114 Å². The van der Waals surface area contributed by atoms with E-state index >= 15 is 0 Å². The molecule has 5 heteroatoms. The van der Waals surface area contributed by atoms with Gasteiger partial charge in [0.05, 0.1) is 0 Å². The molecule has 4 nitrogen and oxygen atoms in total. The number of alkyl halides is 1. The van der Waals surface area contributed by atoms with Gasteiger partial charge in [0.25, 0.3) is 5.91 Å². The van der Waals surface area contributed by atoms with Crippen molar-refractivity contribution in [3.8, 4) is 11.5 Å². The summed E-state index contributed by atoms with van der Waals surface area (Å²) in [6, 6.07) is 5.69. The summed E-state index contributed by atoms with van der Waals surface area (Å²) in [5.74, 6) is 1.45. The summed E-state index contributed by atoms with van der Waals surface area (Å²) >= 11 is 3.47. The minimum absolute atomic E-state index is 0.0789. The van der Waals surface area contributed by atoms with E-state index in [2.05, 4.69) is 15.9 Å². The van der Waals surface area contributed by atoms with Gasteiger partial charge in [-0.15, -0.1) is 0 Å². The van der Waals surface area contributed by atoms with Crippen LogP contribution in [-0.4, -0.2) is 35.5 Å². The molecule has 96 valence electrons. The number of carbonyl (C=O) groups is 1. The van der Waals surface area contributed by atoms with Gasteiger partial charge in [-0.3, -0.25) is 4.79 Å². The third-order valence-electron chi connectivity index (χ3n) is 3.44. The van der Waals surface area contributed by atoms with Gasteiger partial charge < -0.3 is 14.4 Å². The molecule has 0 spiro atoms. The summed E-state index contributed by atoms with van der Waals surface area (Å²) in [6.07, 6.45) is 2.15. The highest BCUT2D eigenvalue weighted by Gasteiger charge is 2.29. The molecule has 0 aromatic heterocycles. The van der Waals surface area contributed by atoms with Crippen LogP contribution in [0.1, 0.15) is 23.2 Å². The summed E-state index contributed by atoms with van der Waals surface area (Å²) in [5.41, 5.74) is 0.673. The third kappa shape index (κ3) is 1.96. The molecule has 1 atom stereocenters. The molecule has 0 aliphatic carbocycles. The van der Waals surface area contributed by atoms with Gasteiger partial charge in [0.15, 0.2) is 11.5 Å². The predicted molar refractivity (Wildman–Crippen MR) is 70.4 cm³/mol. The molecule has 1 aromatic rings. The first-order valence-corrected chi connectivity index (χ1v) is 7.18. The monoisotopic (exact) mass is 311 g/mol. The predicted octanol–water partition coefficient (Wildman–Crippen LogP) is 2.41. The Morgan fingerprint density at radius 1 is 1.39 bits per heavy atom. The fourth-order valence-electron chi connectivity index (χ4n) is 2.46. The number of halogens is 1. The minimum Gasteiger partial charge on any atom is -0.454 e. The number of nitrogens with zero attached hydrogens (tertiary/aromatic N) is 1. The van der Waals surface area contributed by atoms with Crippen LogP contribution in [-0.2, 0) is 0 Å². The van der Waals surface area contributed by atoms with Gasteiger partial charge in [0.1, 0.15) is 0 Å². The van der Waals surface area contributed by atoms with E-state index in [1.54, 1.807) is 18.2 Å². The molecular weight excluding hydrogens is 298 g/mol. The quantitative estimate of drug-likeness (QED) is 0.787. The van der Waals surface area contributed by atoms with E-state index in [0.717, 1.165) is 24.7 Å². The molecule has 3 rings (SSSR count). The van der Waals surface area contributed by atoms with Crippen LogP contribution in [0.25, 0.3) is 0 Å². The van der Waals surface area contributed by atoms with Crippen molar-refractivity contribution in [3.63, 3.8) is 0 Å². The highest BCUT2D eigenvalue weighted by molar-refractivity contribution is 9.09. The second-order valence-electron chi connectivity index (χ2n) is 4.52. The molecule has 0 saturated carbocycles. The van der Waals surface area contributed by atoms with Crippen molar-refractivity contribution in [2.75, 3.05) is 18.7 Å². The van der Waals surface area contributed by atoms with Gasteiger partial charge in [-0.1, -0.05) is 15.9 Å². The van der Waals surface area contributed by atoms with Crippen LogP contribution >= 0.6 is 15.9 Å². The largest absolute Gasteiger partial charge is 0.454 e. The molecule has 1 aromatic carbocycles. The second kappa shape index (κ2) is 4.80. The lowest BCUT2D eigenvalue weighted by molar-refractivity contribution is 0.0750. The number of amides is 1. The molecule has 1 saturated heterocycles. The van der Waals surface area contributed by atoms with Crippen LogP contribution in [0.3, 0.4) is 0 Å². The zero-order chi connectivity index (χ0) is 12.5. The minimum atomic E-state index is 0.0789. The van der Waals surface area contributed by atoms with Gasteiger partial charge in [0, 0.05) is 23.5 Å². The molecule has 1 fully saturated rings. The van der Waals surface area contributed by atoms with Crippen molar-refractivity contribution in [3.05, 3.63) is 23.8 Å². The lowest BCUT2D eigenvalue weighted by Crippen LogP contribution is -2.36. The van der Waals surface area contributed by atoms with Crippen LogP contribution < -0.4 is 9.47 Å². The molecule has 0 bridgehead atoms. The third-order valence-corrected chi connectivity index (χ3v) is 4.18. The molecule has 0 N–H and O–H groups in total. The number of carbonyl (C=O) groups excluding carboxylic acids is 1. The van der Waals surface area contributed by atoms with Crippen LogP contribution in [0, 0.1) is 0 Å². The average molecular weight is 312 g/mol. The summed E-state index contributed by atoms with van der Waals surface area (Å²) in [5, 5.41) is 0.837. The van der Waals surface area contributed by atoms with Gasteiger partial charge in [0.2, 0.25) is 6.79 Å². The van der Waals surface area contributed by atoms with Crippen LogP contribution in [0.5, 0.6) is 11.5 Å². The Balaban J connectivity index is 1.84. The van der Waals surface area contributed by atoms with Crippen molar-refractivity contribution in [2.45, 2.75) is 18.9 Å². The average Bonchev–Trinajstić information content (AvgIpc) is 3.05.